The molecule has 4 rings (SSSR count). The van der Waals surface area contributed by atoms with Gasteiger partial charge in [0.1, 0.15) is 12.5 Å². The van der Waals surface area contributed by atoms with E-state index < -0.39 is 13.5 Å². The standard InChI is InChI=1S/C23H32N4O2Si/c1-30(2,3)16-15-29-17-27-21-20(5-4-12-25-21)23(22(27)28)10-13-26(14-11-23)19-8-6-18(24)7-9-19/h4-9,12H,10-11,13-17,24H2,1-3H3. The molecular formula is C23H32N4O2Si. The van der Waals surface area contributed by atoms with Crippen LogP contribution in [-0.2, 0) is 14.9 Å². The number of ether oxygens (including phenoxy) is 1. The first-order chi connectivity index (χ1) is 14.3. The molecule has 0 radical (unpaired) electrons. The molecule has 2 aliphatic heterocycles. The van der Waals surface area contributed by atoms with E-state index in [0.29, 0.717) is 6.61 Å². The molecule has 160 valence electrons. The third kappa shape index (κ3) is 3.96. The van der Waals surface area contributed by atoms with Gasteiger partial charge in [0.25, 0.3) is 0 Å². The highest BCUT2D eigenvalue weighted by Crippen LogP contribution is 2.47. The van der Waals surface area contributed by atoms with Gasteiger partial charge in [0, 0.05) is 50.9 Å². The monoisotopic (exact) mass is 424 g/mol. The van der Waals surface area contributed by atoms with Crippen LogP contribution in [0.5, 0.6) is 0 Å². The van der Waals surface area contributed by atoms with Crippen molar-refractivity contribution in [1.82, 2.24) is 4.98 Å². The molecule has 7 heteroatoms. The van der Waals surface area contributed by atoms with Crippen LogP contribution in [-0.4, -0.2) is 45.4 Å². The van der Waals surface area contributed by atoms with Gasteiger partial charge >= 0.3 is 0 Å². The number of carbonyl (C=O) groups excluding carboxylic acids is 1. The summed E-state index contributed by atoms with van der Waals surface area (Å²) in [6, 6.07) is 13.1. The Morgan fingerprint density at radius 3 is 2.50 bits per heavy atom. The topological polar surface area (TPSA) is 71.7 Å². The van der Waals surface area contributed by atoms with Crippen molar-refractivity contribution in [2.75, 3.05) is 42.0 Å². The van der Waals surface area contributed by atoms with Crippen molar-refractivity contribution in [3.8, 4) is 0 Å². The highest BCUT2D eigenvalue weighted by atomic mass is 28.3. The number of fused-ring (bicyclic) bond motifs is 2. The molecule has 1 fully saturated rings. The molecule has 1 aromatic carbocycles. The summed E-state index contributed by atoms with van der Waals surface area (Å²) in [6.45, 7) is 9.63. The minimum atomic E-state index is -1.16. The Bertz CT molecular complexity index is 902. The Labute approximate surface area is 180 Å². The Kier molecular flexibility index (Phi) is 5.59. The number of nitrogen functional groups attached to an aromatic ring is 1. The minimum absolute atomic E-state index is 0.140. The van der Waals surface area contributed by atoms with Gasteiger partial charge in [-0.2, -0.15) is 0 Å². The number of benzene rings is 1. The Morgan fingerprint density at radius 2 is 1.83 bits per heavy atom. The zero-order valence-corrected chi connectivity index (χ0v) is 19.2. The van der Waals surface area contributed by atoms with Crippen LogP contribution in [0.4, 0.5) is 17.2 Å². The second-order valence-corrected chi connectivity index (χ2v) is 15.2. The molecule has 1 saturated heterocycles. The van der Waals surface area contributed by atoms with E-state index in [1.807, 2.05) is 18.2 Å². The van der Waals surface area contributed by atoms with Crippen molar-refractivity contribution < 1.29 is 9.53 Å². The summed E-state index contributed by atoms with van der Waals surface area (Å²) < 4.78 is 5.93. The summed E-state index contributed by atoms with van der Waals surface area (Å²) in [5, 5.41) is 0. The number of nitrogens with zero attached hydrogens (tertiary/aromatic N) is 3. The van der Waals surface area contributed by atoms with E-state index in [9.17, 15) is 4.79 Å². The second kappa shape index (κ2) is 8.04. The van der Waals surface area contributed by atoms with E-state index in [1.165, 1.54) is 0 Å². The summed E-state index contributed by atoms with van der Waals surface area (Å²) in [4.78, 5) is 22.3. The van der Waals surface area contributed by atoms with E-state index in [4.69, 9.17) is 10.5 Å². The van der Waals surface area contributed by atoms with Gasteiger partial charge in [-0.15, -0.1) is 0 Å². The van der Waals surface area contributed by atoms with Gasteiger partial charge < -0.3 is 15.4 Å². The molecule has 0 saturated carbocycles. The minimum Gasteiger partial charge on any atom is -0.399 e. The van der Waals surface area contributed by atoms with Crippen LogP contribution in [0.2, 0.25) is 25.7 Å². The summed E-state index contributed by atoms with van der Waals surface area (Å²) >= 11 is 0. The van der Waals surface area contributed by atoms with Crippen molar-refractivity contribution in [3.05, 3.63) is 48.2 Å². The molecule has 0 bridgehead atoms. The van der Waals surface area contributed by atoms with Crippen LogP contribution in [0.1, 0.15) is 18.4 Å². The predicted octanol–water partition coefficient (Wildman–Crippen LogP) is 3.86. The molecule has 2 N–H and O–H groups in total. The van der Waals surface area contributed by atoms with Crippen LogP contribution in [0.3, 0.4) is 0 Å². The quantitative estimate of drug-likeness (QED) is 0.433. The molecular weight excluding hydrogens is 392 g/mol. The zero-order valence-electron chi connectivity index (χ0n) is 18.2. The smallest absolute Gasteiger partial charge is 0.241 e. The van der Waals surface area contributed by atoms with Gasteiger partial charge in [-0.05, 0) is 49.2 Å². The predicted molar refractivity (Wildman–Crippen MR) is 125 cm³/mol. The number of piperidine rings is 1. The third-order valence-electron chi connectivity index (χ3n) is 6.30. The fourth-order valence-electron chi connectivity index (χ4n) is 4.42. The van der Waals surface area contributed by atoms with Gasteiger partial charge in [0.2, 0.25) is 5.91 Å². The van der Waals surface area contributed by atoms with Gasteiger partial charge in [0.05, 0.1) is 5.41 Å². The van der Waals surface area contributed by atoms with E-state index in [0.717, 1.165) is 54.7 Å². The number of anilines is 3. The molecule has 3 heterocycles. The number of aromatic nitrogens is 1. The number of pyridine rings is 1. The van der Waals surface area contributed by atoms with E-state index >= 15 is 0 Å². The lowest BCUT2D eigenvalue weighted by molar-refractivity contribution is -0.125. The van der Waals surface area contributed by atoms with Crippen LogP contribution < -0.4 is 15.5 Å². The first kappa shape index (κ1) is 20.9. The highest BCUT2D eigenvalue weighted by Gasteiger charge is 2.52. The Morgan fingerprint density at radius 1 is 1.13 bits per heavy atom. The largest absolute Gasteiger partial charge is 0.399 e. The second-order valence-electron chi connectivity index (χ2n) is 9.62. The average Bonchev–Trinajstić information content (AvgIpc) is 2.94. The Hall–Kier alpha value is -2.38. The van der Waals surface area contributed by atoms with Crippen molar-refractivity contribution in [2.24, 2.45) is 0 Å². The Balaban J connectivity index is 1.49. The molecule has 2 aromatic rings. The maximum Gasteiger partial charge on any atom is 0.241 e. The van der Waals surface area contributed by atoms with E-state index in [-0.39, 0.29) is 12.6 Å². The fraction of sp³-hybridized carbons (Fsp3) is 0.478. The molecule has 0 atom stereocenters. The SMILES string of the molecule is C[Si](C)(C)CCOCN1C(=O)C2(CCN(c3ccc(N)cc3)CC2)c2cccnc21. The average molecular weight is 425 g/mol. The van der Waals surface area contributed by atoms with Crippen LogP contribution in [0.25, 0.3) is 0 Å². The van der Waals surface area contributed by atoms with Gasteiger partial charge in [-0.1, -0.05) is 25.7 Å². The number of hydrogen-bond acceptors (Lipinski definition) is 5. The maximum absolute atomic E-state index is 13.6. The summed E-state index contributed by atoms with van der Waals surface area (Å²) in [6.07, 6.45) is 3.32. The first-order valence-corrected chi connectivity index (χ1v) is 14.5. The number of hydrogen-bond donors (Lipinski definition) is 1. The number of carbonyl (C=O) groups is 1. The molecule has 2 aliphatic rings. The summed E-state index contributed by atoms with van der Waals surface area (Å²) in [5.74, 6) is 0.914. The zero-order chi connectivity index (χ0) is 21.4. The molecule has 1 spiro atoms. The maximum atomic E-state index is 13.6. The number of amides is 1. The first-order valence-electron chi connectivity index (χ1n) is 10.8. The fourth-order valence-corrected chi connectivity index (χ4v) is 5.18. The van der Waals surface area contributed by atoms with Crippen molar-refractivity contribution >= 4 is 31.2 Å². The molecule has 30 heavy (non-hydrogen) atoms. The summed E-state index contributed by atoms with van der Waals surface area (Å²) in [5.41, 5.74) is 8.31. The van der Waals surface area contributed by atoms with Gasteiger partial charge in [-0.3, -0.25) is 9.69 Å². The summed E-state index contributed by atoms with van der Waals surface area (Å²) in [7, 11) is -1.16. The molecule has 0 unspecified atom stereocenters. The normalized spacial score (nSPS) is 18.2. The lowest BCUT2D eigenvalue weighted by Gasteiger charge is -2.39. The van der Waals surface area contributed by atoms with Crippen LogP contribution >= 0.6 is 0 Å². The van der Waals surface area contributed by atoms with Crippen LogP contribution in [0.15, 0.2) is 42.6 Å². The van der Waals surface area contributed by atoms with E-state index in [2.05, 4.69) is 47.7 Å². The van der Waals surface area contributed by atoms with Crippen molar-refractivity contribution in [3.63, 3.8) is 0 Å². The number of nitrogens with two attached hydrogens (primary N) is 1. The van der Waals surface area contributed by atoms with E-state index in [1.54, 1.807) is 11.1 Å². The lowest BCUT2D eigenvalue weighted by atomic mass is 9.74. The molecule has 1 aromatic heterocycles. The highest BCUT2D eigenvalue weighted by molar-refractivity contribution is 6.76. The third-order valence-corrected chi connectivity index (χ3v) is 8.01. The molecule has 1 amide bonds. The van der Waals surface area contributed by atoms with Gasteiger partial charge in [0.15, 0.2) is 0 Å². The van der Waals surface area contributed by atoms with Crippen LogP contribution in [0, 0.1) is 0 Å². The van der Waals surface area contributed by atoms with Gasteiger partial charge in [-0.25, -0.2) is 4.98 Å². The van der Waals surface area contributed by atoms with Crippen molar-refractivity contribution in [2.45, 2.75) is 43.9 Å². The lowest BCUT2D eigenvalue weighted by Crippen LogP contribution is -2.49. The molecule has 0 aliphatic carbocycles. The number of rotatable bonds is 6. The van der Waals surface area contributed by atoms with Crippen molar-refractivity contribution in [1.29, 1.82) is 0 Å². The molecule has 6 nitrogen and oxygen atoms in total.